The summed E-state index contributed by atoms with van der Waals surface area (Å²) in [4.78, 5) is 0. The molecular weight excluding hydrogens is 214 g/mol. The van der Waals surface area contributed by atoms with Gasteiger partial charge >= 0.3 is 0 Å². The standard InChI is InChI=1S/C13H7N3O/c14-8-11-3-1-2-10(6-11)7-12(9-15)13-4-5-16-17-13/h1-7H/b12-7+. The van der Waals surface area contributed by atoms with Gasteiger partial charge in [0.15, 0.2) is 5.76 Å². The fourth-order valence-electron chi connectivity index (χ4n) is 1.38. The van der Waals surface area contributed by atoms with Gasteiger partial charge in [-0.1, -0.05) is 17.3 Å². The van der Waals surface area contributed by atoms with Crippen LogP contribution in [-0.4, -0.2) is 5.16 Å². The van der Waals surface area contributed by atoms with Crippen LogP contribution < -0.4 is 0 Å². The predicted octanol–water partition coefficient (Wildman–Crippen LogP) is 2.61. The molecule has 0 amide bonds. The molecule has 0 radical (unpaired) electrons. The third kappa shape index (κ3) is 2.39. The summed E-state index contributed by atoms with van der Waals surface area (Å²) in [5, 5.41) is 21.3. The van der Waals surface area contributed by atoms with Gasteiger partial charge in [-0.3, -0.25) is 0 Å². The van der Waals surface area contributed by atoms with Crippen LogP contribution in [0.15, 0.2) is 41.1 Å². The van der Waals surface area contributed by atoms with Crippen molar-refractivity contribution in [3.05, 3.63) is 53.4 Å². The van der Waals surface area contributed by atoms with Crippen molar-refractivity contribution < 1.29 is 4.52 Å². The highest BCUT2D eigenvalue weighted by Gasteiger charge is 2.04. The molecule has 0 atom stereocenters. The first kappa shape index (κ1) is 10.7. The van der Waals surface area contributed by atoms with Crippen LogP contribution >= 0.6 is 0 Å². The van der Waals surface area contributed by atoms with Crippen LogP contribution in [-0.2, 0) is 0 Å². The van der Waals surface area contributed by atoms with E-state index in [1.54, 1.807) is 30.3 Å². The van der Waals surface area contributed by atoms with Gasteiger partial charge in [0.05, 0.1) is 23.4 Å². The van der Waals surface area contributed by atoms with Crippen LogP contribution in [0.25, 0.3) is 11.6 Å². The van der Waals surface area contributed by atoms with E-state index in [-0.39, 0.29) is 0 Å². The molecule has 0 spiro atoms. The first-order valence-corrected chi connectivity index (χ1v) is 4.86. The molecule has 2 aromatic rings. The summed E-state index contributed by atoms with van der Waals surface area (Å²) in [6, 6.07) is 12.7. The maximum absolute atomic E-state index is 9.01. The molecule has 0 aliphatic rings. The second-order valence-corrected chi connectivity index (χ2v) is 3.28. The van der Waals surface area contributed by atoms with Crippen molar-refractivity contribution in [3.63, 3.8) is 0 Å². The van der Waals surface area contributed by atoms with Crippen LogP contribution in [0.5, 0.6) is 0 Å². The van der Waals surface area contributed by atoms with Crippen molar-refractivity contribution in [1.29, 1.82) is 10.5 Å². The summed E-state index contributed by atoms with van der Waals surface area (Å²) in [5.74, 6) is 0.412. The third-order valence-electron chi connectivity index (χ3n) is 2.15. The molecule has 0 fully saturated rings. The lowest BCUT2D eigenvalue weighted by Gasteiger charge is -1.95. The fraction of sp³-hybridized carbons (Fsp3) is 0. The molecule has 4 heteroatoms. The zero-order valence-electron chi connectivity index (χ0n) is 8.79. The number of rotatable bonds is 2. The summed E-state index contributed by atoms with van der Waals surface area (Å²) in [5.41, 5.74) is 1.70. The molecular formula is C13H7N3O. The van der Waals surface area contributed by atoms with E-state index >= 15 is 0 Å². The molecule has 1 heterocycles. The Balaban J connectivity index is 2.41. The minimum Gasteiger partial charge on any atom is -0.356 e. The number of benzene rings is 1. The maximum Gasteiger partial charge on any atom is 0.177 e. The Labute approximate surface area is 98.0 Å². The Bertz CT molecular complexity index is 627. The van der Waals surface area contributed by atoms with E-state index in [1.807, 2.05) is 18.2 Å². The van der Waals surface area contributed by atoms with E-state index in [4.69, 9.17) is 15.0 Å². The van der Waals surface area contributed by atoms with Crippen LogP contribution in [0.2, 0.25) is 0 Å². The van der Waals surface area contributed by atoms with Crippen molar-refractivity contribution in [3.8, 4) is 12.1 Å². The molecule has 17 heavy (non-hydrogen) atoms. The SMILES string of the molecule is N#C/C(=C\c1cccc(C#N)c1)c1ccno1. The second-order valence-electron chi connectivity index (χ2n) is 3.28. The molecule has 0 aliphatic carbocycles. The van der Waals surface area contributed by atoms with E-state index in [9.17, 15) is 0 Å². The van der Waals surface area contributed by atoms with Crippen molar-refractivity contribution in [2.75, 3.05) is 0 Å². The number of nitriles is 2. The van der Waals surface area contributed by atoms with Gasteiger partial charge in [-0.25, -0.2) is 0 Å². The summed E-state index contributed by atoms with van der Waals surface area (Å²) in [7, 11) is 0. The number of nitrogens with zero attached hydrogens (tertiary/aromatic N) is 3. The third-order valence-corrected chi connectivity index (χ3v) is 2.15. The largest absolute Gasteiger partial charge is 0.356 e. The molecule has 4 nitrogen and oxygen atoms in total. The maximum atomic E-state index is 9.01. The minimum atomic E-state index is 0.373. The van der Waals surface area contributed by atoms with Gasteiger partial charge in [0.1, 0.15) is 6.07 Å². The smallest absolute Gasteiger partial charge is 0.177 e. The van der Waals surface area contributed by atoms with E-state index in [0.717, 1.165) is 5.56 Å². The minimum absolute atomic E-state index is 0.373. The van der Waals surface area contributed by atoms with Crippen LogP contribution in [0.1, 0.15) is 16.9 Å². The van der Waals surface area contributed by atoms with Gasteiger partial charge in [0.25, 0.3) is 0 Å². The van der Waals surface area contributed by atoms with Crippen molar-refractivity contribution in [2.24, 2.45) is 0 Å². The van der Waals surface area contributed by atoms with Gasteiger partial charge in [-0.2, -0.15) is 10.5 Å². The van der Waals surface area contributed by atoms with E-state index in [2.05, 4.69) is 5.16 Å². The number of aromatic nitrogens is 1. The lowest BCUT2D eigenvalue weighted by Crippen LogP contribution is -1.80. The first-order valence-electron chi connectivity index (χ1n) is 4.86. The summed E-state index contributed by atoms with van der Waals surface area (Å²) >= 11 is 0. The van der Waals surface area contributed by atoms with Crippen LogP contribution in [0.4, 0.5) is 0 Å². The Hall–Kier alpha value is -2.85. The van der Waals surface area contributed by atoms with Gasteiger partial charge in [-0.15, -0.1) is 0 Å². The second kappa shape index (κ2) is 4.78. The summed E-state index contributed by atoms with van der Waals surface area (Å²) in [6.07, 6.45) is 3.13. The quantitative estimate of drug-likeness (QED) is 0.730. The fourth-order valence-corrected chi connectivity index (χ4v) is 1.38. The van der Waals surface area contributed by atoms with Gasteiger partial charge in [-0.05, 0) is 23.8 Å². The Kier molecular flexibility index (Phi) is 3.00. The molecule has 80 valence electrons. The zero-order valence-corrected chi connectivity index (χ0v) is 8.79. The van der Waals surface area contributed by atoms with Crippen molar-refractivity contribution in [2.45, 2.75) is 0 Å². The van der Waals surface area contributed by atoms with E-state index in [0.29, 0.717) is 16.9 Å². The zero-order chi connectivity index (χ0) is 12.1. The molecule has 2 rings (SSSR count). The first-order chi connectivity index (χ1) is 8.33. The highest BCUT2D eigenvalue weighted by molar-refractivity contribution is 5.87. The monoisotopic (exact) mass is 221 g/mol. The molecule has 0 saturated heterocycles. The highest BCUT2D eigenvalue weighted by atomic mass is 16.5. The summed E-state index contributed by atoms with van der Waals surface area (Å²) in [6.45, 7) is 0. The normalized spacial score (nSPS) is 10.6. The number of hydrogen-bond donors (Lipinski definition) is 0. The highest BCUT2D eigenvalue weighted by Crippen LogP contribution is 2.17. The molecule has 1 aromatic carbocycles. The average molecular weight is 221 g/mol. The average Bonchev–Trinajstić information content (AvgIpc) is 2.90. The molecule has 0 unspecified atom stereocenters. The predicted molar refractivity (Wildman–Crippen MR) is 61.1 cm³/mol. The summed E-state index contributed by atoms with van der Waals surface area (Å²) < 4.78 is 4.91. The number of allylic oxidation sites excluding steroid dienone is 1. The molecule has 0 N–H and O–H groups in total. The van der Waals surface area contributed by atoms with E-state index < -0.39 is 0 Å². The van der Waals surface area contributed by atoms with Crippen LogP contribution in [0.3, 0.4) is 0 Å². The number of hydrogen-bond acceptors (Lipinski definition) is 4. The Morgan fingerprint density at radius 2 is 2.18 bits per heavy atom. The van der Waals surface area contributed by atoms with Gasteiger partial charge in [0, 0.05) is 6.07 Å². The lowest BCUT2D eigenvalue weighted by atomic mass is 10.1. The van der Waals surface area contributed by atoms with E-state index in [1.165, 1.54) is 6.20 Å². The van der Waals surface area contributed by atoms with Crippen LogP contribution in [0, 0.1) is 22.7 Å². The van der Waals surface area contributed by atoms with Gasteiger partial charge < -0.3 is 4.52 Å². The molecule has 0 aliphatic heterocycles. The lowest BCUT2D eigenvalue weighted by molar-refractivity contribution is 0.411. The van der Waals surface area contributed by atoms with Crippen molar-refractivity contribution >= 4 is 11.6 Å². The molecule has 1 aromatic heterocycles. The Morgan fingerprint density at radius 3 is 2.82 bits per heavy atom. The van der Waals surface area contributed by atoms with Gasteiger partial charge in [0.2, 0.25) is 0 Å². The molecule has 0 saturated carbocycles. The topological polar surface area (TPSA) is 73.6 Å². The van der Waals surface area contributed by atoms with Crippen molar-refractivity contribution in [1.82, 2.24) is 5.16 Å². The Morgan fingerprint density at radius 1 is 1.29 bits per heavy atom. The molecule has 0 bridgehead atoms.